The summed E-state index contributed by atoms with van der Waals surface area (Å²) < 4.78 is 31.6. The van der Waals surface area contributed by atoms with Crippen LogP contribution < -0.4 is 10.6 Å². The SMILES string of the molecule is NCCCC(=O)OCCN1CCN(c2cccc3c(S(=O)(=O)c4ccccc4)c[nH]c23)CC1. The van der Waals surface area contributed by atoms with Crippen molar-refractivity contribution < 1.29 is 17.9 Å². The van der Waals surface area contributed by atoms with Gasteiger partial charge in [-0.3, -0.25) is 9.69 Å². The average molecular weight is 471 g/mol. The number of carbonyl (C=O) groups excluding carboxylic acids is 1. The summed E-state index contributed by atoms with van der Waals surface area (Å²) in [4.78, 5) is 19.9. The Bertz CT molecular complexity index is 1190. The predicted octanol–water partition coefficient (Wildman–Crippen LogP) is 2.40. The number of anilines is 1. The second kappa shape index (κ2) is 10.4. The molecule has 0 spiro atoms. The first kappa shape index (κ1) is 23.3. The highest BCUT2D eigenvalue weighted by atomic mass is 32.2. The van der Waals surface area contributed by atoms with Crippen LogP contribution in [0.15, 0.2) is 64.5 Å². The number of hydrogen-bond donors (Lipinski definition) is 2. The van der Waals surface area contributed by atoms with Crippen LogP contribution in [0.5, 0.6) is 0 Å². The standard InChI is InChI=1S/C24H30N4O4S/c25-11-5-10-23(29)32-17-16-27-12-14-28(15-13-27)21-9-4-8-20-22(18-26-24(20)21)33(30,31)19-6-2-1-3-7-19/h1-4,6-9,18,26H,5,10-17,25H2. The summed E-state index contributed by atoms with van der Waals surface area (Å²) in [5.41, 5.74) is 7.24. The molecule has 1 aromatic heterocycles. The summed E-state index contributed by atoms with van der Waals surface area (Å²) in [6.07, 6.45) is 2.61. The number of benzene rings is 2. The number of H-pyrrole nitrogens is 1. The van der Waals surface area contributed by atoms with Gasteiger partial charge < -0.3 is 20.4 Å². The Morgan fingerprint density at radius 1 is 1.03 bits per heavy atom. The minimum absolute atomic E-state index is 0.196. The quantitative estimate of drug-likeness (QED) is 0.462. The van der Waals surface area contributed by atoms with Crippen molar-refractivity contribution in [3.8, 4) is 0 Å². The van der Waals surface area contributed by atoms with Gasteiger partial charge in [0.15, 0.2) is 0 Å². The van der Waals surface area contributed by atoms with Crippen molar-refractivity contribution >= 4 is 32.4 Å². The number of hydrogen-bond acceptors (Lipinski definition) is 7. The minimum atomic E-state index is -3.61. The number of esters is 1. The normalized spacial score (nSPS) is 15.1. The average Bonchev–Trinajstić information content (AvgIpc) is 3.29. The Morgan fingerprint density at radius 2 is 1.79 bits per heavy atom. The molecule has 0 atom stereocenters. The topological polar surface area (TPSA) is 109 Å². The molecule has 0 bridgehead atoms. The number of sulfone groups is 1. The third-order valence-corrected chi connectivity index (χ3v) is 7.78. The molecule has 1 aliphatic heterocycles. The molecule has 1 saturated heterocycles. The van der Waals surface area contributed by atoms with Crippen molar-refractivity contribution in [1.29, 1.82) is 0 Å². The summed E-state index contributed by atoms with van der Waals surface area (Å²) in [5, 5.41) is 0.697. The van der Waals surface area contributed by atoms with Crippen molar-refractivity contribution in [2.75, 3.05) is 50.8 Å². The number of para-hydroxylation sites is 1. The smallest absolute Gasteiger partial charge is 0.305 e. The van der Waals surface area contributed by atoms with E-state index in [2.05, 4.69) is 14.8 Å². The summed E-state index contributed by atoms with van der Waals surface area (Å²) in [6, 6.07) is 14.3. The Balaban J connectivity index is 1.42. The van der Waals surface area contributed by atoms with Crippen LogP contribution in [0.3, 0.4) is 0 Å². The monoisotopic (exact) mass is 470 g/mol. The van der Waals surface area contributed by atoms with E-state index in [0.29, 0.717) is 42.8 Å². The number of nitrogens with two attached hydrogens (primary N) is 1. The summed E-state index contributed by atoms with van der Waals surface area (Å²) in [7, 11) is -3.61. The number of aromatic amines is 1. The molecular weight excluding hydrogens is 440 g/mol. The molecule has 4 rings (SSSR count). The fourth-order valence-electron chi connectivity index (χ4n) is 4.14. The molecule has 176 valence electrons. The van der Waals surface area contributed by atoms with Gasteiger partial charge >= 0.3 is 5.97 Å². The highest BCUT2D eigenvalue weighted by Crippen LogP contribution is 2.33. The Hall–Kier alpha value is -2.88. The largest absolute Gasteiger partial charge is 0.464 e. The number of nitrogens with one attached hydrogen (secondary N) is 1. The summed E-state index contributed by atoms with van der Waals surface area (Å²) in [5.74, 6) is -0.196. The maximum Gasteiger partial charge on any atom is 0.305 e. The molecule has 3 aromatic rings. The lowest BCUT2D eigenvalue weighted by molar-refractivity contribution is -0.144. The van der Waals surface area contributed by atoms with E-state index in [1.165, 1.54) is 0 Å². The molecule has 0 saturated carbocycles. The molecule has 1 aliphatic rings. The predicted molar refractivity (Wildman–Crippen MR) is 128 cm³/mol. The van der Waals surface area contributed by atoms with Gasteiger partial charge in [-0.2, -0.15) is 0 Å². The van der Waals surface area contributed by atoms with E-state index in [9.17, 15) is 13.2 Å². The summed E-state index contributed by atoms with van der Waals surface area (Å²) in [6.45, 7) is 4.87. The van der Waals surface area contributed by atoms with Gasteiger partial charge in [0.2, 0.25) is 9.84 Å². The maximum atomic E-state index is 13.2. The number of aromatic nitrogens is 1. The number of nitrogens with zero attached hydrogens (tertiary/aromatic N) is 2. The van der Waals surface area contributed by atoms with Crippen LogP contribution in [-0.2, 0) is 19.4 Å². The van der Waals surface area contributed by atoms with Crippen molar-refractivity contribution in [3.05, 3.63) is 54.7 Å². The van der Waals surface area contributed by atoms with E-state index in [1.54, 1.807) is 36.5 Å². The van der Waals surface area contributed by atoms with Crippen molar-refractivity contribution in [2.45, 2.75) is 22.6 Å². The van der Waals surface area contributed by atoms with E-state index in [-0.39, 0.29) is 10.9 Å². The maximum absolute atomic E-state index is 13.2. The van der Waals surface area contributed by atoms with Gasteiger partial charge in [-0.15, -0.1) is 0 Å². The van der Waals surface area contributed by atoms with Crippen LogP contribution in [0.1, 0.15) is 12.8 Å². The number of fused-ring (bicyclic) bond motifs is 1. The van der Waals surface area contributed by atoms with Gasteiger partial charge in [0.25, 0.3) is 0 Å². The van der Waals surface area contributed by atoms with Gasteiger partial charge in [0.05, 0.1) is 21.0 Å². The van der Waals surface area contributed by atoms with Crippen molar-refractivity contribution in [2.24, 2.45) is 5.73 Å². The van der Waals surface area contributed by atoms with Crippen molar-refractivity contribution in [3.63, 3.8) is 0 Å². The first-order valence-electron chi connectivity index (χ1n) is 11.2. The lowest BCUT2D eigenvalue weighted by Gasteiger charge is -2.36. The fraction of sp³-hybridized carbons (Fsp3) is 0.375. The molecule has 0 radical (unpaired) electrons. The molecule has 0 unspecified atom stereocenters. The lowest BCUT2D eigenvalue weighted by Crippen LogP contribution is -2.47. The number of carbonyl (C=O) groups is 1. The lowest BCUT2D eigenvalue weighted by atomic mass is 10.2. The Kier molecular flexibility index (Phi) is 7.32. The van der Waals surface area contributed by atoms with Crippen LogP contribution in [0, 0.1) is 0 Å². The van der Waals surface area contributed by atoms with E-state index < -0.39 is 9.84 Å². The van der Waals surface area contributed by atoms with E-state index in [1.807, 2.05) is 18.2 Å². The molecule has 2 heterocycles. The highest BCUT2D eigenvalue weighted by Gasteiger charge is 2.24. The second-order valence-electron chi connectivity index (χ2n) is 8.11. The summed E-state index contributed by atoms with van der Waals surface area (Å²) >= 11 is 0. The number of piperazine rings is 1. The van der Waals surface area contributed by atoms with Gasteiger partial charge in [0, 0.05) is 50.7 Å². The van der Waals surface area contributed by atoms with Crippen LogP contribution in [-0.4, -0.2) is 70.1 Å². The van der Waals surface area contributed by atoms with Crippen LogP contribution in [0.4, 0.5) is 5.69 Å². The third-order valence-electron chi connectivity index (χ3n) is 5.97. The third kappa shape index (κ3) is 5.21. The number of ether oxygens (including phenoxy) is 1. The van der Waals surface area contributed by atoms with Gasteiger partial charge in [-0.25, -0.2) is 8.42 Å². The Labute approximate surface area is 194 Å². The Morgan fingerprint density at radius 3 is 2.52 bits per heavy atom. The molecule has 1 fully saturated rings. The molecule has 0 amide bonds. The molecule has 33 heavy (non-hydrogen) atoms. The van der Waals surface area contributed by atoms with Gasteiger partial charge in [-0.1, -0.05) is 30.3 Å². The first-order chi connectivity index (χ1) is 16.0. The second-order valence-corrected chi connectivity index (χ2v) is 10.0. The minimum Gasteiger partial charge on any atom is -0.464 e. The molecule has 9 heteroatoms. The fourth-order valence-corrected chi connectivity index (χ4v) is 5.59. The van der Waals surface area contributed by atoms with Crippen LogP contribution >= 0.6 is 0 Å². The van der Waals surface area contributed by atoms with E-state index >= 15 is 0 Å². The van der Waals surface area contributed by atoms with Gasteiger partial charge in [-0.05, 0) is 31.2 Å². The van der Waals surface area contributed by atoms with Crippen LogP contribution in [0.2, 0.25) is 0 Å². The zero-order valence-corrected chi connectivity index (χ0v) is 19.4. The van der Waals surface area contributed by atoms with E-state index in [0.717, 1.165) is 37.4 Å². The first-order valence-corrected chi connectivity index (χ1v) is 12.7. The highest BCUT2D eigenvalue weighted by molar-refractivity contribution is 7.91. The zero-order valence-electron chi connectivity index (χ0n) is 18.6. The molecular formula is C24H30N4O4S. The molecule has 0 aliphatic carbocycles. The molecule has 8 nitrogen and oxygen atoms in total. The number of rotatable bonds is 9. The van der Waals surface area contributed by atoms with Crippen molar-refractivity contribution in [1.82, 2.24) is 9.88 Å². The van der Waals surface area contributed by atoms with Crippen LogP contribution in [0.25, 0.3) is 10.9 Å². The molecule has 2 aromatic carbocycles. The molecule has 3 N–H and O–H groups in total. The zero-order chi connectivity index (χ0) is 23.3. The van der Waals surface area contributed by atoms with Gasteiger partial charge in [0.1, 0.15) is 6.61 Å². The van der Waals surface area contributed by atoms with E-state index in [4.69, 9.17) is 10.5 Å².